The number of benzene rings is 1. The van der Waals surface area contributed by atoms with Crippen molar-refractivity contribution in [2.24, 2.45) is 11.8 Å². The van der Waals surface area contributed by atoms with Crippen LogP contribution in [0.4, 0.5) is 5.69 Å². The van der Waals surface area contributed by atoms with E-state index < -0.39 is 27.4 Å². The van der Waals surface area contributed by atoms with Crippen LogP contribution in [-0.4, -0.2) is 88.6 Å². The monoisotopic (exact) mass is 511 g/mol. The normalized spacial score (nSPS) is 33.4. The largest absolute Gasteiger partial charge is 0.497 e. The summed E-state index contributed by atoms with van der Waals surface area (Å²) in [6.45, 7) is 3.29. The number of hydrogen-bond donors (Lipinski definition) is 1. The first-order valence-corrected chi connectivity index (χ1v) is 13.3. The van der Waals surface area contributed by atoms with E-state index in [4.69, 9.17) is 4.74 Å². The van der Waals surface area contributed by atoms with Crippen LogP contribution in [0.1, 0.15) is 19.8 Å². The molecule has 3 amide bonds. The predicted molar refractivity (Wildman–Crippen MR) is 139 cm³/mol. The molecule has 2 saturated heterocycles. The lowest BCUT2D eigenvalue weighted by Gasteiger charge is -2.36. The highest BCUT2D eigenvalue weighted by molar-refractivity contribution is 8.02. The SMILES string of the molecule is COc1ccc(N2CC=C[C@]34S[C@@]5(C)C=CCN(C)C(=O)[C@H]5[C@H]3C(=O)N(CCCCO)C4C2=O)cc1. The molecule has 0 radical (unpaired) electrons. The van der Waals surface area contributed by atoms with Crippen molar-refractivity contribution < 1.29 is 24.2 Å². The summed E-state index contributed by atoms with van der Waals surface area (Å²) in [5.41, 5.74) is 0.729. The van der Waals surface area contributed by atoms with Crippen molar-refractivity contribution in [2.75, 3.05) is 45.3 Å². The second-order valence-electron chi connectivity index (χ2n) is 10.1. The fourth-order valence-corrected chi connectivity index (χ4v) is 8.43. The molecule has 5 atom stereocenters. The molecule has 1 aromatic rings. The number of fused-ring (bicyclic) bond motifs is 2. The summed E-state index contributed by atoms with van der Waals surface area (Å²) in [6.07, 6.45) is 9.17. The van der Waals surface area contributed by atoms with E-state index in [0.717, 1.165) is 5.69 Å². The summed E-state index contributed by atoms with van der Waals surface area (Å²) in [7, 11) is 3.36. The minimum absolute atomic E-state index is 0.0244. The maximum Gasteiger partial charge on any atom is 0.251 e. The van der Waals surface area contributed by atoms with Gasteiger partial charge in [0.05, 0.1) is 23.7 Å². The number of aliphatic hydroxyl groups is 1. The highest BCUT2D eigenvalue weighted by atomic mass is 32.2. The molecule has 192 valence electrons. The minimum atomic E-state index is -0.855. The number of unbranched alkanes of at least 4 members (excludes halogenated alkanes) is 1. The highest BCUT2D eigenvalue weighted by Crippen LogP contribution is 2.65. The molecule has 0 bridgehead atoms. The summed E-state index contributed by atoms with van der Waals surface area (Å²) in [5, 5.41) is 9.35. The molecule has 4 aliphatic heterocycles. The lowest BCUT2D eigenvalue weighted by molar-refractivity contribution is -0.143. The van der Waals surface area contributed by atoms with E-state index in [2.05, 4.69) is 6.08 Å². The zero-order chi connectivity index (χ0) is 25.7. The third-order valence-corrected chi connectivity index (χ3v) is 9.75. The van der Waals surface area contributed by atoms with E-state index in [1.54, 1.807) is 40.6 Å². The Morgan fingerprint density at radius 3 is 2.42 bits per heavy atom. The van der Waals surface area contributed by atoms with E-state index in [-0.39, 0.29) is 24.3 Å². The topological polar surface area (TPSA) is 90.4 Å². The molecule has 2 fully saturated rings. The first-order chi connectivity index (χ1) is 17.3. The molecule has 4 heterocycles. The Kier molecular flexibility index (Phi) is 6.41. The number of likely N-dealkylation sites (N-methyl/N-ethyl adjacent to an activating group) is 1. The number of likely N-dealkylation sites (tertiary alicyclic amines) is 1. The second-order valence-corrected chi connectivity index (χ2v) is 11.9. The molecule has 0 aromatic heterocycles. The number of aliphatic hydroxyl groups excluding tert-OH is 1. The zero-order valence-electron chi connectivity index (χ0n) is 20.9. The molecule has 4 aliphatic rings. The Labute approximate surface area is 215 Å². The van der Waals surface area contributed by atoms with Crippen LogP contribution < -0.4 is 9.64 Å². The van der Waals surface area contributed by atoms with Gasteiger partial charge in [-0.1, -0.05) is 24.3 Å². The van der Waals surface area contributed by atoms with Crippen LogP contribution in [0.2, 0.25) is 0 Å². The molecule has 1 unspecified atom stereocenters. The number of hydrogen-bond acceptors (Lipinski definition) is 6. The Bertz CT molecular complexity index is 1120. The Morgan fingerprint density at radius 1 is 1.00 bits per heavy atom. The summed E-state index contributed by atoms with van der Waals surface area (Å²) < 4.78 is 3.82. The van der Waals surface area contributed by atoms with E-state index >= 15 is 0 Å². The van der Waals surface area contributed by atoms with Gasteiger partial charge in [0.2, 0.25) is 11.8 Å². The lowest BCUT2D eigenvalue weighted by atomic mass is 9.74. The minimum Gasteiger partial charge on any atom is -0.497 e. The van der Waals surface area contributed by atoms with Gasteiger partial charge < -0.3 is 24.5 Å². The van der Waals surface area contributed by atoms with Gasteiger partial charge in [-0.05, 0) is 44.0 Å². The Balaban J connectivity index is 1.60. The molecular formula is C27H33N3O5S. The third-order valence-electron chi connectivity index (χ3n) is 7.95. The van der Waals surface area contributed by atoms with Gasteiger partial charge in [0.1, 0.15) is 11.8 Å². The predicted octanol–water partition coefficient (Wildman–Crippen LogP) is 2.09. The molecule has 0 aliphatic carbocycles. The van der Waals surface area contributed by atoms with Crippen molar-refractivity contribution in [1.29, 1.82) is 0 Å². The average Bonchev–Trinajstić information content (AvgIpc) is 3.14. The number of rotatable bonds is 6. The van der Waals surface area contributed by atoms with Crippen molar-refractivity contribution in [3.05, 3.63) is 48.6 Å². The molecule has 0 saturated carbocycles. The summed E-state index contributed by atoms with van der Waals surface area (Å²) in [6, 6.07) is 6.59. The van der Waals surface area contributed by atoms with Gasteiger partial charge >= 0.3 is 0 Å². The fourth-order valence-electron chi connectivity index (χ4n) is 6.27. The number of anilines is 1. The van der Waals surface area contributed by atoms with Crippen molar-refractivity contribution in [3.8, 4) is 5.75 Å². The van der Waals surface area contributed by atoms with Gasteiger partial charge in [0, 0.05) is 43.7 Å². The Morgan fingerprint density at radius 2 is 1.72 bits per heavy atom. The lowest BCUT2D eigenvalue weighted by Crippen LogP contribution is -2.53. The number of methoxy groups -OCH3 is 1. The van der Waals surface area contributed by atoms with Crippen molar-refractivity contribution in [1.82, 2.24) is 9.80 Å². The molecule has 8 nitrogen and oxygen atoms in total. The zero-order valence-corrected chi connectivity index (χ0v) is 21.7. The Hall–Kier alpha value is -2.78. The summed E-state index contributed by atoms with van der Waals surface area (Å²) in [5.74, 6) is -0.857. The van der Waals surface area contributed by atoms with E-state index in [1.807, 2.05) is 49.4 Å². The number of amides is 3. The number of thioether (sulfide) groups is 1. The molecule has 1 aromatic carbocycles. The van der Waals surface area contributed by atoms with E-state index in [1.165, 1.54) is 0 Å². The first kappa shape index (κ1) is 24.9. The molecule has 5 rings (SSSR count). The highest BCUT2D eigenvalue weighted by Gasteiger charge is 2.73. The second kappa shape index (κ2) is 9.27. The fraction of sp³-hybridized carbons (Fsp3) is 0.519. The first-order valence-electron chi connectivity index (χ1n) is 12.4. The van der Waals surface area contributed by atoms with Crippen LogP contribution >= 0.6 is 11.8 Å². The van der Waals surface area contributed by atoms with Crippen LogP contribution in [0.25, 0.3) is 0 Å². The molecular weight excluding hydrogens is 478 g/mol. The molecule has 1 N–H and O–H groups in total. The number of nitrogens with zero attached hydrogens (tertiary/aromatic N) is 3. The van der Waals surface area contributed by atoms with Gasteiger partial charge in [0.25, 0.3) is 5.91 Å². The maximum atomic E-state index is 14.3. The van der Waals surface area contributed by atoms with Gasteiger partial charge in [-0.3, -0.25) is 14.4 Å². The third kappa shape index (κ3) is 3.66. The van der Waals surface area contributed by atoms with E-state index in [0.29, 0.717) is 38.2 Å². The van der Waals surface area contributed by atoms with Crippen LogP contribution in [0.3, 0.4) is 0 Å². The number of ether oxygens (including phenoxy) is 1. The summed E-state index contributed by atoms with van der Waals surface area (Å²) >= 11 is 1.58. The van der Waals surface area contributed by atoms with Gasteiger partial charge in [-0.25, -0.2) is 0 Å². The number of carbonyl (C=O) groups excluding carboxylic acids is 3. The van der Waals surface area contributed by atoms with Crippen molar-refractivity contribution in [3.63, 3.8) is 0 Å². The van der Waals surface area contributed by atoms with Crippen molar-refractivity contribution in [2.45, 2.75) is 35.3 Å². The standard InChI is InChI=1S/C27H33N3O5S/c1-26-12-6-14-28(2)23(32)20(26)21-24(33)30(15-4-5-17-31)22-25(34)29(16-7-13-27(21,22)36-26)18-8-10-19(35-3)11-9-18/h6-13,20-22,31H,4-5,14-17H2,1-3H3/t20-,21+,22?,26+,27+/m1/s1. The van der Waals surface area contributed by atoms with Crippen LogP contribution in [0, 0.1) is 11.8 Å². The quantitative estimate of drug-likeness (QED) is 0.465. The maximum absolute atomic E-state index is 14.3. The van der Waals surface area contributed by atoms with E-state index in [9.17, 15) is 19.5 Å². The van der Waals surface area contributed by atoms with Crippen molar-refractivity contribution >= 4 is 35.2 Å². The average molecular weight is 512 g/mol. The smallest absolute Gasteiger partial charge is 0.251 e. The van der Waals surface area contributed by atoms with Crippen LogP contribution in [-0.2, 0) is 14.4 Å². The van der Waals surface area contributed by atoms with Gasteiger partial charge in [0.15, 0.2) is 0 Å². The molecule has 1 spiro atoms. The molecule has 36 heavy (non-hydrogen) atoms. The molecule has 9 heteroatoms. The summed E-state index contributed by atoms with van der Waals surface area (Å²) in [4.78, 5) is 47.1. The van der Waals surface area contributed by atoms with Crippen LogP contribution in [0.5, 0.6) is 5.75 Å². The van der Waals surface area contributed by atoms with Gasteiger partial charge in [-0.2, -0.15) is 0 Å². The number of carbonyl (C=O) groups is 3. The van der Waals surface area contributed by atoms with Gasteiger partial charge in [-0.15, -0.1) is 11.8 Å². The van der Waals surface area contributed by atoms with Crippen LogP contribution in [0.15, 0.2) is 48.6 Å².